The number of amides is 2. The number of aliphatic hydroxyl groups is 1. The summed E-state index contributed by atoms with van der Waals surface area (Å²) in [5, 5.41) is 15.1. The number of nitrogens with one attached hydrogen (secondary N) is 2. The second-order valence-corrected chi connectivity index (χ2v) is 9.75. The molecule has 0 aromatic carbocycles. The zero-order valence-corrected chi connectivity index (χ0v) is 19.1. The second kappa shape index (κ2) is 13.4. The van der Waals surface area contributed by atoms with Gasteiger partial charge in [-0.1, -0.05) is 45.4 Å². The molecular weight excluding hydrogens is 423 g/mol. The Morgan fingerprint density at radius 2 is 1.79 bits per heavy atom. The van der Waals surface area contributed by atoms with Gasteiger partial charge in [-0.3, -0.25) is 18.9 Å². The molecule has 5 N–H and O–H groups in total. The Bertz CT molecular complexity index is 596. The third kappa shape index (κ3) is 13.0. The predicted molar refractivity (Wildman–Crippen MR) is 110 cm³/mol. The molecule has 0 aliphatic heterocycles. The van der Waals surface area contributed by atoms with Gasteiger partial charge in [0.15, 0.2) is 5.12 Å². The smallest absolute Gasteiger partial charge is 0.383 e. The van der Waals surface area contributed by atoms with E-state index >= 15 is 0 Å². The standard InChI is InChI=1S/C17H33N2O8PS/c1-5-6-7-8-13(20)29-10-9-18-15(22)12(2)19-16(23)14(21)17(3,4)11-27-28(24,25)26/h12,14,21H,5-11H2,1-4H3,(H,18,22)(H,19,23)(H2,24,25,26)/t12?,14-/m1/s1. The largest absolute Gasteiger partial charge is 0.469 e. The predicted octanol–water partition coefficient (Wildman–Crippen LogP) is 0.944. The number of rotatable bonds is 14. The van der Waals surface area contributed by atoms with Gasteiger partial charge in [0.05, 0.1) is 6.61 Å². The Balaban J connectivity index is 4.30. The zero-order chi connectivity index (χ0) is 22.7. The number of phosphoric ester groups is 1. The van der Waals surface area contributed by atoms with E-state index in [2.05, 4.69) is 22.1 Å². The van der Waals surface area contributed by atoms with Crippen LogP contribution in [0.2, 0.25) is 0 Å². The van der Waals surface area contributed by atoms with E-state index < -0.39 is 43.8 Å². The fourth-order valence-corrected chi connectivity index (χ4v) is 3.35. The molecule has 0 aliphatic rings. The molecule has 0 saturated heterocycles. The highest BCUT2D eigenvalue weighted by molar-refractivity contribution is 8.13. The van der Waals surface area contributed by atoms with E-state index in [-0.39, 0.29) is 11.7 Å². The molecule has 12 heteroatoms. The minimum atomic E-state index is -4.74. The molecular formula is C17H33N2O8PS. The van der Waals surface area contributed by atoms with Gasteiger partial charge < -0.3 is 25.5 Å². The monoisotopic (exact) mass is 456 g/mol. The Morgan fingerprint density at radius 3 is 2.34 bits per heavy atom. The molecule has 1 unspecified atom stereocenters. The maximum Gasteiger partial charge on any atom is 0.469 e. The molecule has 0 aromatic heterocycles. The van der Waals surface area contributed by atoms with Gasteiger partial charge in [0.25, 0.3) is 0 Å². The van der Waals surface area contributed by atoms with E-state index in [1.807, 2.05) is 0 Å². The van der Waals surface area contributed by atoms with Crippen LogP contribution in [0, 0.1) is 5.41 Å². The molecule has 0 saturated carbocycles. The van der Waals surface area contributed by atoms with E-state index in [1.54, 1.807) is 0 Å². The number of aliphatic hydroxyl groups excluding tert-OH is 1. The lowest BCUT2D eigenvalue weighted by Gasteiger charge is -2.30. The number of carbonyl (C=O) groups excluding carboxylic acids is 3. The quantitative estimate of drug-likeness (QED) is 0.189. The van der Waals surface area contributed by atoms with Gasteiger partial charge in [0.1, 0.15) is 12.1 Å². The van der Waals surface area contributed by atoms with Crippen molar-refractivity contribution in [2.24, 2.45) is 5.41 Å². The molecule has 0 heterocycles. The van der Waals surface area contributed by atoms with Gasteiger partial charge >= 0.3 is 7.82 Å². The van der Waals surface area contributed by atoms with Gasteiger partial charge in [-0.15, -0.1) is 0 Å². The number of carbonyl (C=O) groups is 3. The third-order valence-electron chi connectivity index (χ3n) is 3.99. The van der Waals surface area contributed by atoms with Gasteiger partial charge in [0.2, 0.25) is 11.8 Å². The summed E-state index contributed by atoms with van der Waals surface area (Å²) in [7, 11) is -4.74. The number of hydrogen-bond donors (Lipinski definition) is 5. The van der Waals surface area contributed by atoms with Crippen molar-refractivity contribution in [3.05, 3.63) is 0 Å². The first-order valence-corrected chi connectivity index (χ1v) is 11.9. The van der Waals surface area contributed by atoms with E-state index in [9.17, 15) is 24.1 Å². The van der Waals surface area contributed by atoms with Crippen LogP contribution in [-0.4, -0.2) is 62.9 Å². The van der Waals surface area contributed by atoms with Crippen molar-refractivity contribution < 1.29 is 38.4 Å². The van der Waals surface area contributed by atoms with Gasteiger partial charge in [0, 0.05) is 24.1 Å². The summed E-state index contributed by atoms with van der Waals surface area (Å²) in [6.07, 6.45) is 1.77. The molecule has 0 bridgehead atoms. The van der Waals surface area contributed by atoms with Crippen LogP contribution in [0.4, 0.5) is 0 Å². The summed E-state index contributed by atoms with van der Waals surface area (Å²) in [6, 6.07) is -0.944. The SMILES string of the molecule is CCCCCC(=O)SCCNC(=O)C(C)NC(=O)[C@@H](O)C(C)(C)COP(=O)(O)O. The summed E-state index contributed by atoms with van der Waals surface area (Å²) in [4.78, 5) is 53.3. The topological polar surface area (TPSA) is 162 Å². The van der Waals surface area contributed by atoms with Crippen molar-refractivity contribution >= 4 is 36.5 Å². The third-order valence-corrected chi connectivity index (χ3v) is 5.39. The van der Waals surface area contributed by atoms with Crippen LogP contribution in [0.1, 0.15) is 53.4 Å². The molecule has 2 atom stereocenters. The molecule has 10 nitrogen and oxygen atoms in total. The number of hydrogen-bond acceptors (Lipinski definition) is 7. The summed E-state index contributed by atoms with van der Waals surface area (Å²) in [5.41, 5.74) is -1.30. The Hall–Kier alpha value is -0.970. The summed E-state index contributed by atoms with van der Waals surface area (Å²) in [6.45, 7) is 5.98. The van der Waals surface area contributed by atoms with Crippen molar-refractivity contribution in [1.82, 2.24) is 10.6 Å². The van der Waals surface area contributed by atoms with Crippen LogP contribution in [0.25, 0.3) is 0 Å². The van der Waals surface area contributed by atoms with Crippen LogP contribution < -0.4 is 10.6 Å². The number of thioether (sulfide) groups is 1. The average molecular weight is 456 g/mol. The molecule has 0 rings (SSSR count). The highest BCUT2D eigenvalue weighted by atomic mass is 32.2. The minimum Gasteiger partial charge on any atom is -0.383 e. The molecule has 170 valence electrons. The molecule has 0 spiro atoms. The molecule has 0 aliphatic carbocycles. The van der Waals surface area contributed by atoms with Crippen molar-refractivity contribution in [3.63, 3.8) is 0 Å². The van der Waals surface area contributed by atoms with Crippen LogP contribution in [0.5, 0.6) is 0 Å². The van der Waals surface area contributed by atoms with E-state index in [4.69, 9.17) is 9.79 Å². The van der Waals surface area contributed by atoms with Crippen molar-refractivity contribution in [1.29, 1.82) is 0 Å². The van der Waals surface area contributed by atoms with E-state index in [0.717, 1.165) is 31.0 Å². The van der Waals surface area contributed by atoms with Gasteiger partial charge in [-0.2, -0.15) is 0 Å². The molecule has 0 fully saturated rings. The maximum atomic E-state index is 12.1. The zero-order valence-electron chi connectivity index (χ0n) is 17.3. The highest BCUT2D eigenvalue weighted by Gasteiger charge is 2.36. The highest BCUT2D eigenvalue weighted by Crippen LogP contribution is 2.38. The van der Waals surface area contributed by atoms with Crippen molar-refractivity contribution in [2.45, 2.75) is 65.5 Å². The summed E-state index contributed by atoms with van der Waals surface area (Å²) in [5.74, 6) is -0.923. The van der Waals surface area contributed by atoms with Gasteiger partial charge in [-0.05, 0) is 13.3 Å². The summed E-state index contributed by atoms with van der Waals surface area (Å²) >= 11 is 1.15. The normalized spacial score (nSPS) is 14.2. The lowest BCUT2D eigenvalue weighted by molar-refractivity contribution is -0.139. The molecule has 2 amide bonds. The van der Waals surface area contributed by atoms with Gasteiger partial charge in [-0.25, -0.2) is 4.57 Å². The first-order valence-electron chi connectivity index (χ1n) is 9.42. The number of phosphoric acid groups is 1. The van der Waals surface area contributed by atoms with Crippen LogP contribution in [0.15, 0.2) is 0 Å². The lowest BCUT2D eigenvalue weighted by Crippen LogP contribution is -2.52. The minimum absolute atomic E-state index is 0.0805. The van der Waals surface area contributed by atoms with Crippen LogP contribution in [0.3, 0.4) is 0 Å². The fourth-order valence-electron chi connectivity index (χ4n) is 2.13. The lowest BCUT2D eigenvalue weighted by atomic mass is 9.87. The first-order chi connectivity index (χ1) is 13.3. The Morgan fingerprint density at radius 1 is 1.17 bits per heavy atom. The number of unbranched alkanes of at least 4 members (excludes halogenated alkanes) is 2. The maximum absolute atomic E-state index is 12.1. The van der Waals surface area contributed by atoms with Crippen molar-refractivity contribution in [2.75, 3.05) is 18.9 Å². The molecule has 0 aromatic rings. The fraction of sp³-hybridized carbons (Fsp3) is 0.824. The Labute approximate surface area is 175 Å². The van der Waals surface area contributed by atoms with Crippen LogP contribution >= 0.6 is 19.6 Å². The van der Waals surface area contributed by atoms with Crippen LogP contribution in [-0.2, 0) is 23.5 Å². The molecule has 29 heavy (non-hydrogen) atoms. The average Bonchev–Trinajstić information content (AvgIpc) is 2.62. The second-order valence-electron chi connectivity index (χ2n) is 7.35. The Kier molecular flexibility index (Phi) is 12.9. The van der Waals surface area contributed by atoms with E-state index in [1.165, 1.54) is 20.8 Å². The molecule has 0 radical (unpaired) electrons. The first kappa shape index (κ1) is 28.0. The van der Waals surface area contributed by atoms with Crippen molar-refractivity contribution in [3.8, 4) is 0 Å². The van der Waals surface area contributed by atoms with E-state index in [0.29, 0.717) is 12.2 Å². The summed E-state index contributed by atoms with van der Waals surface area (Å²) < 4.78 is 15.1.